The minimum Gasteiger partial charge on any atom is -0.459 e. The van der Waals surface area contributed by atoms with Crippen LogP contribution in [0.3, 0.4) is 0 Å². The van der Waals surface area contributed by atoms with E-state index >= 15 is 0 Å². The topological polar surface area (TPSA) is 26.3 Å². The molecular weight excluding hydrogens is 200 g/mol. The fraction of sp³-hybridized carbons (Fsp3) is 0.929. The van der Waals surface area contributed by atoms with Crippen molar-refractivity contribution in [2.45, 2.75) is 78.2 Å². The summed E-state index contributed by atoms with van der Waals surface area (Å²) in [7, 11) is 0. The predicted molar refractivity (Wildman–Crippen MR) is 66.3 cm³/mol. The maximum atomic E-state index is 12.1. The summed E-state index contributed by atoms with van der Waals surface area (Å²) in [5.41, 5.74) is -0.546. The van der Waals surface area contributed by atoms with E-state index in [4.69, 9.17) is 4.74 Å². The van der Waals surface area contributed by atoms with Gasteiger partial charge < -0.3 is 4.74 Å². The molecule has 2 heteroatoms. The quantitative estimate of drug-likeness (QED) is 0.535. The third-order valence-electron chi connectivity index (χ3n) is 3.94. The highest BCUT2D eigenvalue weighted by molar-refractivity contribution is 5.76. The molecule has 0 aliphatic heterocycles. The first-order valence-electron chi connectivity index (χ1n) is 6.63. The molecule has 1 aliphatic rings. The highest BCUT2D eigenvalue weighted by Gasteiger charge is 2.35. The standard InChI is InChI=1S/C14H26O2/c1-5-13(2,3)12(15)16-14(4)10-8-6-7-9-11-14/h5-11H2,1-4H3. The van der Waals surface area contributed by atoms with E-state index in [1.165, 1.54) is 25.7 Å². The Balaban J connectivity index is 2.60. The lowest BCUT2D eigenvalue weighted by molar-refractivity contribution is -0.170. The van der Waals surface area contributed by atoms with Crippen LogP contribution in [0, 0.1) is 5.41 Å². The molecule has 0 heterocycles. The Morgan fingerprint density at radius 2 is 1.69 bits per heavy atom. The second-order valence-electron chi connectivity index (χ2n) is 5.99. The molecule has 1 fully saturated rings. The number of rotatable bonds is 3. The fourth-order valence-corrected chi connectivity index (χ4v) is 2.08. The average molecular weight is 226 g/mol. The summed E-state index contributed by atoms with van der Waals surface area (Å²) in [6.07, 6.45) is 7.83. The highest BCUT2D eigenvalue weighted by atomic mass is 16.6. The first kappa shape index (κ1) is 13.5. The zero-order valence-electron chi connectivity index (χ0n) is 11.3. The van der Waals surface area contributed by atoms with Gasteiger partial charge in [0, 0.05) is 0 Å². The van der Waals surface area contributed by atoms with Crippen LogP contribution in [0.1, 0.15) is 72.6 Å². The van der Waals surface area contributed by atoms with Gasteiger partial charge in [0.05, 0.1) is 5.41 Å². The lowest BCUT2D eigenvalue weighted by Crippen LogP contribution is -2.37. The van der Waals surface area contributed by atoms with Crippen LogP contribution in [-0.2, 0) is 9.53 Å². The van der Waals surface area contributed by atoms with E-state index in [-0.39, 0.29) is 17.0 Å². The molecule has 0 spiro atoms. The van der Waals surface area contributed by atoms with Gasteiger partial charge in [-0.3, -0.25) is 4.79 Å². The molecular formula is C14H26O2. The molecule has 0 N–H and O–H groups in total. The minimum atomic E-state index is -0.338. The van der Waals surface area contributed by atoms with E-state index < -0.39 is 0 Å². The fourth-order valence-electron chi connectivity index (χ4n) is 2.08. The van der Waals surface area contributed by atoms with Gasteiger partial charge in [-0.15, -0.1) is 0 Å². The molecule has 0 saturated heterocycles. The summed E-state index contributed by atoms with van der Waals surface area (Å²) >= 11 is 0. The molecule has 1 aliphatic carbocycles. The molecule has 94 valence electrons. The van der Waals surface area contributed by atoms with Gasteiger partial charge in [-0.2, -0.15) is 0 Å². The van der Waals surface area contributed by atoms with Crippen molar-refractivity contribution in [3.63, 3.8) is 0 Å². The Labute approximate surface area is 99.8 Å². The van der Waals surface area contributed by atoms with Crippen LogP contribution < -0.4 is 0 Å². The van der Waals surface area contributed by atoms with Gasteiger partial charge in [-0.05, 0) is 52.9 Å². The normalized spacial score (nSPS) is 21.2. The SMILES string of the molecule is CCC(C)(C)C(=O)OC1(C)CCCCCC1. The number of hydrogen-bond acceptors (Lipinski definition) is 2. The van der Waals surface area contributed by atoms with Gasteiger partial charge in [-0.1, -0.05) is 19.8 Å². The summed E-state index contributed by atoms with van der Waals surface area (Å²) < 4.78 is 5.78. The van der Waals surface area contributed by atoms with Crippen LogP contribution in [0.5, 0.6) is 0 Å². The van der Waals surface area contributed by atoms with Crippen molar-refractivity contribution in [2.24, 2.45) is 5.41 Å². The maximum Gasteiger partial charge on any atom is 0.312 e. The van der Waals surface area contributed by atoms with Crippen molar-refractivity contribution < 1.29 is 9.53 Å². The van der Waals surface area contributed by atoms with Crippen LogP contribution in [0.25, 0.3) is 0 Å². The highest BCUT2D eigenvalue weighted by Crippen LogP contribution is 2.33. The van der Waals surface area contributed by atoms with Gasteiger partial charge >= 0.3 is 5.97 Å². The maximum absolute atomic E-state index is 12.1. The molecule has 0 aromatic heterocycles. The Morgan fingerprint density at radius 3 is 2.12 bits per heavy atom. The van der Waals surface area contributed by atoms with Crippen LogP contribution in [-0.4, -0.2) is 11.6 Å². The zero-order chi connectivity index (χ0) is 12.2. The molecule has 16 heavy (non-hydrogen) atoms. The molecule has 0 aromatic rings. The smallest absolute Gasteiger partial charge is 0.312 e. The Morgan fingerprint density at radius 1 is 1.19 bits per heavy atom. The Hall–Kier alpha value is -0.530. The number of hydrogen-bond donors (Lipinski definition) is 0. The molecule has 1 saturated carbocycles. The van der Waals surface area contributed by atoms with E-state index in [1.54, 1.807) is 0 Å². The van der Waals surface area contributed by atoms with Gasteiger partial charge in [0.25, 0.3) is 0 Å². The number of carbonyl (C=O) groups excluding carboxylic acids is 1. The average Bonchev–Trinajstić information content (AvgIpc) is 2.43. The minimum absolute atomic E-state index is 0.0283. The second kappa shape index (κ2) is 5.20. The molecule has 0 amide bonds. The molecule has 0 unspecified atom stereocenters. The first-order chi connectivity index (χ1) is 7.40. The van der Waals surface area contributed by atoms with Crippen LogP contribution >= 0.6 is 0 Å². The predicted octanol–water partition coefficient (Wildman–Crippen LogP) is 4.08. The van der Waals surface area contributed by atoms with Crippen molar-refractivity contribution >= 4 is 5.97 Å². The van der Waals surface area contributed by atoms with E-state index in [2.05, 4.69) is 6.92 Å². The summed E-state index contributed by atoms with van der Waals surface area (Å²) in [4.78, 5) is 12.1. The van der Waals surface area contributed by atoms with E-state index in [0.717, 1.165) is 19.3 Å². The lowest BCUT2D eigenvalue weighted by atomic mass is 9.89. The number of esters is 1. The monoisotopic (exact) mass is 226 g/mol. The van der Waals surface area contributed by atoms with Crippen molar-refractivity contribution in [2.75, 3.05) is 0 Å². The van der Waals surface area contributed by atoms with E-state index in [9.17, 15) is 4.79 Å². The third-order valence-corrected chi connectivity index (χ3v) is 3.94. The van der Waals surface area contributed by atoms with Gasteiger partial charge in [0.1, 0.15) is 5.60 Å². The van der Waals surface area contributed by atoms with Crippen molar-refractivity contribution in [1.82, 2.24) is 0 Å². The number of ether oxygens (including phenoxy) is 1. The van der Waals surface area contributed by atoms with Crippen LogP contribution in [0.4, 0.5) is 0 Å². The van der Waals surface area contributed by atoms with Gasteiger partial charge in [-0.25, -0.2) is 0 Å². The molecule has 0 aromatic carbocycles. The molecule has 0 bridgehead atoms. The van der Waals surface area contributed by atoms with E-state index in [1.807, 2.05) is 20.8 Å². The molecule has 1 rings (SSSR count). The van der Waals surface area contributed by atoms with Gasteiger partial charge in [0.2, 0.25) is 0 Å². The van der Waals surface area contributed by atoms with Crippen molar-refractivity contribution in [1.29, 1.82) is 0 Å². The summed E-state index contributed by atoms with van der Waals surface area (Å²) in [6, 6.07) is 0. The van der Waals surface area contributed by atoms with Crippen molar-refractivity contribution in [3.05, 3.63) is 0 Å². The zero-order valence-corrected chi connectivity index (χ0v) is 11.3. The summed E-state index contributed by atoms with van der Waals surface area (Å²) in [5.74, 6) is -0.0283. The molecule has 2 nitrogen and oxygen atoms in total. The first-order valence-corrected chi connectivity index (χ1v) is 6.63. The molecule has 0 atom stereocenters. The van der Waals surface area contributed by atoms with Crippen LogP contribution in [0.2, 0.25) is 0 Å². The van der Waals surface area contributed by atoms with Crippen molar-refractivity contribution in [3.8, 4) is 0 Å². The number of carbonyl (C=O) groups is 1. The third kappa shape index (κ3) is 3.50. The summed E-state index contributed by atoms with van der Waals surface area (Å²) in [6.45, 7) is 8.07. The largest absolute Gasteiger partial charge is 0.459 e. The van der Waals surface area contributed by atoms with Crippen LogP contribution in [0.15, 0.2) is 0 Å². The second-order valence-corrected chi connectivity index (χ2v) is 5.99. The lowest BCUT2D eigenvalue weighted by Gasteiger charge is -2.32. The van der Waals surface area contributed by atoms with E-state index in [0.29, 0.717) is 0 Å². The molecule has 0 radical (unpaired) electrons. The van der Waals surface area contributed by atoms with Gasteiger partial charge in [0.15, 0.2) is 0 Å². The Kier molecular flexibility index (Phi) is 4.40. The summed E-state index contributed by atoms with van der Waals surface area (Å²) in [5, 5.41) is 0. The Bertz CT molecular complexity index is 235.